The summed E-state index contributed by atoms with van der Waals surface area (Å²) in [4.78, 5) is 12.2. The predicted molar refractivity (Wildman–Crippen MR) is 275 cm³/mol. The number of hydrogen-bond acceptors (Lipinski definition) is 10. The van der Waals surface area contributed by atoms with Gasteiger partial charge in [-0.3, -0.25) is 0 Å². The zero-order valence-corrected chi connectivity index (χ0v) is 41.6. The summed E-state index contributed by atoms with van der Waals surface area (Å²) in [5.74, 6) is 0. The van der Waals surface area contributed by atoms with E-state index < -0.39 is 25.2 Å². The minimum atomic E-state index is -3.23. The monoisotopic (exact) mass is 953 g/mol. The molecule has 69 heavy (non-hydrogen) atoms. The predicted octanol–water partition coefficient (Wildman–Crippen LogP) is 11.2. The van der Waals surface area contributed by atoms with Crippen molar-refractivity contribution in [3.05, 3.63) is 215 Å². The van der Waals surface area contributed by atoms with E-state index in [1.165, 1.54) is 0 Å². The van der Waals surface area contributed by atoms with E-state index in [-0.39, 0.29) is 51.1 Å². The molecule has 6 rings (SSSR count). The average Bonchev–Trinajstić information content (AvgIpc) is 3.38. The second-order valence-corrected chi connectivity index (χ2v) is 19.7. The van der Waals surface area contributed by atoms with E-state index in [2.05, 4.69) is 78.9 Å². The van der Waals surface area contributed by atoms with Gasteiger partial charge in [0.2, 0.25) is 0 Å². The Labute approximate surface area is 411 Å². The molecule has 0 saturated carbocycles. The summed E-state index contributed by atoms with van der Waals surface area (Å²) in [7, 11) is -3.23. The number of hydrogen-bond donors (Lipinski definition) is 1. The maximum Gasteiger partial charge on any atom is 0.347 e. The van der Waals surface area contributed by atoms with Gasteiger partial charge in [0.25, 0.3) is 0 Å². The Hall–Kier alpha value is -5.12. The quantitative estimate of drug-likeness (QED) is 0.0257. The van der Waals surface area contributed by atoms with Gasteiger partial charge in [-0.15, -0.1) is 4.67 Å². The van der Waals surface area contributed by atoms with Crippen LogP contribution in [-0.4, -0.2) is 100.0 Å². The Morgan fingerprint density at radius 1 is 0.449 bits per heavy atom. The van der Waals surface area contributed by atoms with Gasteiger partial charge in [-0.05, 0) is 61.1 Å². The molecule has 0 amide bonds. The van der Waals surface area contributed by atoms with E-state index >= 15 is 0 Å². The molecule has 1 unspecified atom stereocenters. The Kier molecular flexibility index (Phi) is 21.5. The maximum atomic E-state index is 12.2. The fraction of sp³-hybridized carbons (Fsp3) is 0.362. The summed E-state index contributed by atoms with van der Waals surface area (Å²) in [6, 6.07) is 63.8. The van der Waals surface area contributed by atoms with Gasteiger partial charge in [0.05, 0.1) is 78.6 Å². The Morgan fingerprint density at radius 3 is 1.00 bits per heavy atom. The lowest BCUT2D eigenvalue weighted by atomic mass is 9.80. The number of ether oxygens (including phenoxy) is 6. The molecule has 11 heteroatoms. The van der Waals surface area contributed by atoms with Crippen molar-refractivity contribution in [3.8, 4) is 6.07 Å². The molecule has 0 aliphatic rings. The van der Waals surface area contributed by atoms with E-state index in [0.29, 0.717) is 39.6 Å². The van der Waals surface area contributed by atoms with Crippen LogP contribution < -0.4 is 0 Å². The molecule has 6 aromatic rings. The van der Waals surface area contributed by atoms with Crippen LogP contribution in [0.1, 0.15) is 67.5 Å². The van der Waals surface area contributed by atoms with Crippen LogP contribution in [0.15, 0.2) is 182 Å². The molecule has 0 heterocycles. The van der Waals surface area contributed by atoms with E-state index in [1.54, 1.807) is 0 Å². The van der Waals surface area contributed by atoms with Crippen molar-refractivity contribution in [1.82, 2.24) is 4.67 Å². The third-order valence-corrected chi connectivity index (χ3v) is 14.9. The summed E-state index contributed by atoms with van der Waals surface area (Å²) >= 11 is 0. The molecule has 0 fully saturated rings. The standard InChI is InChI=1S/C58H70N2O8P/c1-48(2)60(49(3)4)69(61,45-23-36-59)68-56(46-64-39-37-62-41-43-66-57(50-24-11-5-12-25-50,51-26-13-6-14-27-51)52-28-15-7-16-29-52)47-65-40-38-63-42-44-67-58(53-30-17-8-18-31-53,54-32-19-9-20-33-54)55-34-21-10-22-35-55/h5-22,24-35,48-49,56,61H,23,37-47H2,1-4H3/q+1. The third kappa shape index (κ3) is 14.5. The maximum absolute atomic E-state index is 12.2. The molecule has 0 aliphatic carbocycles. The van der Waals surface area contributed by atoms with E-state index in [0.717, 1.165) is 33.4 Å². The van der Waals surface area contributed by atoms with Crippen LogP contribution in [0, 0.1) is 11.3 Å². The second kappa shape index (κ2) is 27.9. The van der Waals surface area contributed by atoms with Gasteiger partial charge in [0.1, 0.15) is 17.4 Å². The molecule has 364 valence electrons. The minimum Gasteiger partial charge on any atom is -0.377 e. The highest BCUT2D eigenvalue weighted by atomic mass is 31.2. The molecule has 0 bridgehead atoms. The fourth-order valence-electron chi connectivity index (χ4n) is 9.00. The van der Waals surface area contributed by atoms with Crippen LogP contribution in [0.25, 0.3) is 0 Å². The highest BCUT2D eigenvalue weighted by molar-refractivity contribution is 7.63. The smallest absolute Gasteiger partial charge is 0.347 e. The Morgan fingerprint density at radius 2 is 0.725 bits per heavy atom. The molecular weight excluding hydrogens is 884 g/mol. The van der Waals surface area contributed by atoms with Gasteiger partial charge in [-0.2, -0.15) is 9.79 Å². The normalized spacial score (nSPS) is 13.0. The van der Waals surface area contributed by atoms with E-state index in [9.17, 15) is 10.2 Å². The van der Waals surface area contributed by atoms with E-state index in [1.807, 2.05) is 142 Å². The van der Waals surface area contributed by atoms with Gasteiger partial charge in [-0.1, -0.05) is 182 Å². The minimum absolute atomic E-state index is 0.0235. The van der Waals surface area contributed by atoms with Crippen molar-refractivity contribution in [2.75, 3.05) is 72.2 Å². The Balaban J connectivity index is 1.04. The van der Waals surface area contributed by atoms with Crippen LogP contribution in [-0.2, 0) is 44.1 Å². The zero-order valence-electron chi connectivity index (χ0n) is 40.7. The first-order valence-electron chi connectivity index (χ1n) is 24.1. The summed E-state index contributed by atoms with van der Waals surface area (Å²) in [5, 5.41) is 9.57. The third-order valence-electron chi connectivity index (χ3n) is 11.8. The first kappa shape index (κ1) is 53.2. The highest BCUT2D eigenvalue weighted by Crippen LogP contribution is 2.62. The van der Waals surface area contributed by atoms with Crippen molar-refractivity contribution < 1.29 is 37.8 Å². The Bertz CT molecular complexity index is 2000. The van der Waals surface area contributed by atoms with Crippen LogP contribution >= 0.6 is 7.87 Å². The summed E-state index contributed by atoms with van der Waals surface area (Å²) in [5.41, 5.74) is 4.48. The van der Waals surface area contributed by atoms with Gasteiger partial charge in [0, 0.05) is 12.1 Å². The van der Waals surface area contributed by atoms with Crippen molar-refractivity contribution in [1.29, 1.82) is 5.26 Å². The highest BCUT2D eigenvalue weighted by Gasteiger charge is 2.50. The summed E-state index contributed by atoms with van der Waals surface area (Å²) in [6.45, 7) is 10.9. The molecule has 6 aromatic carbocycles. The van der Waals surface area contributed by atoms with Crippen LogP contribution in [0.3, 0.4) is 0 Å². The second-order valence-electron chi connectivity index (χ2n) is 17.2. The lowest BCUT2D eigenvalue weighted by Gasteiger charge is -2.36. The number of nitrogens with zero attached hydrogens (tertiary/aromatic N) is 2. The molecule has 0 aliphatic heterocycles. The first-order valence-corrected chi connectivity index (χ1v) is 25.9. The molecule has 0 aromatic heterocycles. The molecule has 10 nitrogen and oxygen atoms in total. The summed E-state index contributed by atoms with van der Waals surface area (Å²) in [6.07, 6.45) is -0.268. The number of nitriles is 1. The van der Waals surface area contributed by atoms with Gasteiger partial charge >= 0.3 is 7.87 Å². The molecular formula is C58H70N2O8P+. The van der Waals surface area contributed by atoms with Crippen molar-refractivity contribution in [2.45, 2.75) is 63.5 Å². The van der Waals surface area contributed by atoms with E-state index in [4.69, 9.17) is 32.9 Å². The topological polar surface area (TPSA) is 112 Å². The summed E-state index contributed by atoms with van der Waals surface area (Å²) < 4.78 is 46.8. The fourth-order valence-corrected chi connectivity index (χ4v) is 11.9. The van der Waals surface area contributed by atoms with Crippen LogP contribution in [0.4, 0.5) is 0 Å². The van der Waals surface area contributed by atoms with Crippen molar-refractivity contribution in [2.24, 2.45) is 0 Å². The van der Waals surface area contributed by atoms with Crippen LogP contribution in [0.2, 0.25) is 0 Å². The lowest BCUT2D eigenvalue weighted by Crippen LogP contribution is -2.41. The largest absolute Gasteiger partial charge is 0.377 e. The SMILES string of the molecule is CC(C)N(C(C)C)[P+](O)(CCC#N)OC(COCCOCCOC(c1ccccc1)(c1ccccc1)c1ccccc1)COCCOCCOC(c1ccccc1)(c1ccccc1)c1ccccc1. The molecule has 0 radical (unpaired) electrons. The van der Waals surface area contributed by atoms with Gasteiger partial charge in [-0.25, -0.2) is 4.89 Å². The van der Waals surface area contributed by atoms with Crippen LogP contribution in [0.5, 0.6) is 0 Å². The first-order chi connectivity index (χ1) is 33.7. The lowest BCUT2D eigenvalue weighted by molar-refractivity contribution is -0.0561. The number of rotatable bonds is 31. The van der Waals surface area contributed by atoms with Gasteiger partial charge in [0.15, 0.2) is 6.10 Å². The average molecular weight is 954 g/mol. The molecule has 0 spiro atoms. The zero-order chi connectivity index (χ0) is 48.6. The molecule has 1 atom stereocenters. The van der Waals surface area contributed by atoms with Crippen molar-refractivity contribution >= 4 is 7.87 Å². The number of benzene rings is 6. The van der Waals surface area contributed by atoms with Crippen molar-refractivity contribution in [3.63, 3.8) is 0 Å². The molecule has 0 saturated heterocycles. The molecule has 1 N–H and O–H groups in total. The van der Waals surface area contributed by atoms with Gasteiger partial charge < -0.3 is 28.4 Å².